The number of benzene rings is 1. The number of hydrogen-bond acceptors (Lipinski definition) is 7. The Labute approximate surface area is 130 Å². The maximum atomic E-state index is 11.3. The lowest BCUT2D eigenvalue weighted by atomic mass is 10.2. The fourth-order valence-corrected chi connectivity index (χ4v) is 2.19. The lowest BCUT2D eigenvalue weighted by Gasteiger charge is -2.02. The zero-order valence-electron chi connectivity index (χ0n) is 11.5. The number of aromatic nitrogens is 2. The molecule has 2 rings (SSSR count). The first-order chi connectivity index (χ1) is 10.6. The van der Waals surface area contributed by atoms with E-state index in [1.165, 1.54) is 6.08 Å². The van der Waals surface area contributed by atoms with Crippen LogP contribution in [0.25, 0.3) is 6.08 Å². The molecule has 0 atom stereocenters. The van der Waals surface area contributed by atoms with Gasteiger partial charge in [0, 0.05) is 6.92 Å². The van der Waals surface area contributed by atoms with Crippen LogP contribution >= 0.6 is 11.8 Å². The number of aliphatic carboxylic acids is 1. The molecule has 22 heavy (non-hydrogen) atoms. The van der Waals surface area contributed by atoms with Gasteiger partial charge in [-0.2, -0.15) is 5.26 Å². The molecule has 0 aliphatic carbocycles. The van der Waals surface area contributed by atoms with Gasteiger partial charge in [0.05, 0.1) is 0 Å². The first-order valence-corrected chi connectivity index (χ1v) is 6.93. The molecule has 0 fully saturated rings. The third kappa shape index (κ3) is 4.36. The second kappa shape index (κ2) is 7.28. The van der Waals surface area contributed by atoms with Crippen LogP contribution in [0.3, 0.4) is 0 Å². The maximum absolute atomic E-state index is 11.3. The topological polar surface area (TPSA) is 109 Å². The molecule has 1 aromatic carbocycles. The average Bonchev–Trinajstić information content (AvgIpc) is 2.91. The fraction of sp³-hybridized carbons (Fsp3) is 0.143. The van der Waals surface area contributed by atoms with E-state index >= 15 is 0 Å². The number of hydrogen-bond donors (Lipinski definition) is 1. The molecule has 1 N–H and O–H groups in total. The van der Waals surface area contributed by atoms with Crippen molar-refractivity contribution in [2.75, 3.05) is 6.61 Å². The lowest BCUT2D eigenvalue weighted by molar-refractivity contribution is -0.131. The Bertz CT molecular complexity index is 731. The smallest absolute Gasteiger partial charge is 0.342 e. The predicted octanol–water partition coefficient (Wildman–Crippen LogP) is 2.50. The highest BCUT2D eigenvalue weighted by molar-refractivity contribution is 8.03. The Morgan fingerprint density at radius 1 is 1.45 bits per heavy atom. The lowest BCUT2D eigenvalue weighted by Crippen LogP contribution is -1.97. The van der Waals surface area contributed by atoms with Crippen LogP contribution in [0.1, 0.15) is 11.5 Å². The van der Waals surface area contributed by atoms with Gasteiger partial charge in [-0.3, -0.25) is 0 Å². The second-order valence-corrected chi connectivity index (χ2v) is 5.01. The van der Waals surface area contributed by atoms with Crippen LogP contribution in [-0.2, 0) is 4.79 Å². The minimum Gasteiger partial charge on any atom is -0.479 e. The van der Waals surface area contributed by atoms with Gasteiger partial charge < -0.3 is 14.3 Å². The summed E-state index contributed by atoms with van der Waals surface area (Å²) >= 11 is 0.878. The van der Waals surface area contributed by atoms with E-state index in [1.807, 2.05) is 6.07 Å². The molecule has 0 radical (unpaired) electrons. The number of carboxylic acid groups (broad SMARTS) is 1. The van der Waals surface area contributed by atoms with Gasteiger partial charge in [0.1, 0.15) is 16.7 Å². The molecule has 2 aromatic rings. The standard InChI is InChI=1S/C14H11N3O4S/c1-9-16-17-14(21-9)22-12(13(18)19)8-10-2-4-11(5-3-10)20-7-6-15/h2-5,8H,7H2,1H3,(H,18,19)/b12-8-. The summed E-state index contributed by atoms with van der Waals surface area (Å²) in [6.45, 7) is 1.59. The highest BCUT2D eigenvalue weighted by Crippen LogP contribution is 2.27. The normalized spacial score (nSPS) is 11.0. The van der Waals surface area contributed by atoms with Crippen molar-refractivity contribution >= 4 is 23.8 Å². The van der Waals surface area contributed by atoms with E-state index in [2.05, 4.69) is 10.2 Å². The van der Waals surface area contributed by atoms with Crippen molar-refractivity contribution in [1.29, 1.82) is 5.26 Å². The molecular weight excluding hydrogens is 306 g/mol. The van der Waals surface area contributed by atoms with Crippen LogP contribution in [0.5, 0.6) is 5.75 Å². The second-order valence-electron chi connectivity index (χ2n) is 4.02. The molecule has 0 saturated carbocycles. The number of carbonyl (C=O) groups is 1. The van der Waals surface area contributed by atoms with Crippen LogP contribution in [0.2, 0.25) is 0 Å². The van der Waals surface area contributed by atoms with E-state index in [0.29, 0.717) is 17.2 Å². The Hall–Kier alpha value is -2.79. The van der Waals surface area contributed by atoms with Gasteiger partial charge in [-0.1, -0.05) is 12.1 Å². The Morgan fingerprint density at radius 3 is 2.73 bits per heavy atom. The van der Waals surface area contributed by atoms with E-state index < -0.39 is 5.97 Å². The van der Waals surface area contributed by atoms with Crippen LogP contribution in [0, 0.1) is 18.3 Å². The first-order valence-electron chi connectivity index (χ1n) is 6.11. The Balaban J connectivity index is 2.15. The Morgan fingerprint density at radius 2 is 2.18 bits per heavy atom. The highest BCUT2D eigenvalue weighted by Gasteiger charge is 2.14. The minimum absolute atomic E-state index is 0.0398. The summed E-state index contributed by atoms with van der Waals surface area (Å²) in [6.07, 6.45) is 1.49. The molecule has 7 nitrogen and oxygen atoms in total. The van der Waals surface area contributed by atoms with E-state index in [4.69, 9.17) is 14.4 Å². The van der Waals surface area contributed by atoms with Gasteiger partial charge in [0.25, 0.3) is 5.22 Å². The third-order valence-electron chi connectivity index (χ3n) is 2.40. The molecular formula is C14H11N3O4S. The number of carboxylic acids is 1. The van der Waals surface area contributed by atoms with Crippen LogP contribution < -0.4 is 4.74 Å². The largest absolute Gasteiger partial charge is 0.479 e. The molecule has 0 saturated heterocycles. The van der Waals surface area contributed by atoms with Crippen molar-refractivity contribution < 1.29 is 19.1 Å². The van der Waals surface area contributed by atoms with Crippen LogP contribution in [0.4, 0.5) is 0 Å². The zero-order valence-corrected chi connectivity index (χ0v) is 12.3. The van der Waals surface area contributed by atoms with Gasteiger partial charge in [-0.15, -0.1) is 10.2 Å². The van der Waals surface area contributed by atoms with Crippen LogP contribution in [-0.4, -0.2) is 27.9 Å². The maximum Gasteiger partial charge on any atom is 0.342 e. The van der Waals surface area contributed by atoms with Gasteiger partial charge in [0.15, 0.2) is 6.61 Å². The monoisotopic (exact) mass is 317 g/mol. The van der Waals surface area contributed by atoms with Gasteiger partial charge in [0.2, 0.25) is 5.89 Å². The van der Waals surface area contributed by atoms with Gasteiger partial charge in [-0.05, 0) is 35.5 Å². The van der Waals surface area contributed by atoms with Gasteiger partial charge >= 0.3 is 5.97 Å². The summed E-state index contributed by atoms with van der Waals surface area (Å²) in [5.74, 6) is -0.187. The number of aryl methyl sites for hydroxylation is 1. The average molecular weight is 317 g/mol. The van der Waals surface area contributed by atoms with E-state index in [0.717, 1.165) is 11.8 Å². The summed E-state index contributed by atoms with van der Waals surface area (Å²) in [4.78, 5) is 11.3. The number of thioether (sulfide) groups is 1. The van der Waals surface area contributed by atoms with Crippen molar-refractivity contribution in [3.63, 3.8) is 0 Å². The van der Waals surface area contributed by atoms with E-state index in [-0.39, 0.29) is 16.7 Å². The number of nitriles is 1. The fourth-order valence-electron chi connectivity index (χ4n) is 1.48. The number of ether oxygens (including phenoxy) is 1. The highest BCUT2D eigenvalue weighted by atomic mass is 32.2. The summed E-state index contributed by atoms with van der Waals surface area (Å²) in [7, 11) is 0. The molecule has 1 heterocycles. The van der Waals surface area contributed by atoms with Crippen molar-refractivity contribution in [1.82, 2.24) is 10.2 Å². The number of rotatable bonds is 6. The SMILES string of the molecule is Cc1nnc(S/C(=C\c2ccc(OCC#N)cc2)C(=O)O)o1. The Kier molecular flexibility index (Phi) is 5.16. The minimum atomic E-state index is -1.09. The van der Waals surface area contributed by atoms with E-state index in [1.54, 1.807) is 31.2 Å². The van der Waals surface area contributed by atoms with Crippen molar-refractivity contribution in [3.8, 4) is 11.8 Å². The van der Waals surface area contributed by atoms with Crippen LogP contribution in [0.15, 0.2) is 38.8 Å². The van der Waals surface area contributed by atoms with E-state index in [9.17, 15) is 9.90 Å². The van der Waals surface area contributed by atoms with Crippen molar-refractivity contribution in [2.45, 2.75) is 12.1 Å². The third-order valence-corrected chi connectivity index (χ3v) is 3.25. The number of nitrogens with zero attached hydrogens (tertiary/aromatic N) is 3. The van der Waals surface area contributed by atoms with Gasteiger partial charge in [-0.25, -0.2) is 4.79 Å². The molecule has 0 unspecified atom stereocenters. The molecule has 112 valence electrons. The summed E-state index contributed by atoms with van der Waals surface area (Å²) in [6, 6.07) is 8.56. The van der Waals surface area contributed by atoms with Crippen molar-refractivity contribution in [2.24, 2.45) is 0 Å². The van der Waals surface area contributed by atoms with Crippen molar-refractivity contribution in [3.05, 3.63) is 40.6 Å². The molecule has 1 aromatic heterocycles. The zero-order chi connectivity index (χ0) is 15.9. The summed E-state index contributed by atoms with van der Waals surface area (Å²) in [5.41, 5.74) is 0.672. The molecule has 0 bridgehead atoms. The molecule has 0 aliphatic rings. The molecule has 0 spiro atoms. The predicted molar refractivity (Wildman–Crippen MR) is 78.1 cm³/mol. The summed E-state index contributed by atoms with van der Waals surface area (Å²) in [5, 5.41) is 25.2. The summed E-state index contributed by atoms with van der Waals surface area (Å²) < 4.78 is 10.3. The quantitative estimate of drug-likeness (QED) is 0.639. The molecule has 8 heteroatoms. The molecule has 0 amide bonds. The molecule has 0 aliphatic heterocycles. The first kappa shape index (κ1) is 15.6.